The van der Waals surface area contributed by atoms with Crippen molar-refractivity contribution in [2.45, 2.75) is 0 Å². The number of anilines is 1. The maximum absolute atomic E-state index is 13.1. The van der Waals surface area contributed by atoms with Crippen molar-refractivity contribution in [1.29, 1.82) is 0 Å². The molecule has 0 radical (unpaired) electrons. The number of rotatable bonds is 4. The third-order valence-electron chi connectivity index (χ3n) is 4.49. The van der Waals surface area contributed by atoms with Crippen molar-refractivity contribution in [3.63, 3.8) is 0 Å². The summed E-state index contributed by atoms with van der Waals surface area (Å²) < 4.78 is 0.619. The number of fused-ring (bicyclic) bond motifs is 1. The van der Waals surface area contributed by atoms with Gasteiger partial charge in [0.25, 0.3) is 5.91 Å². The minimum atomic E-state index is -1.12. The molecule has 0 saturated carbocycles. The number of hydrogen-bond donors (Lipinski definition) is 2. The standard InChI is InChI=1S/C23H15BrN2O3/c24-15-10-11-20(18(12-15)23(28)29)26-22(27)17-13-21(14-6-2-1-3-7-14)25-19-9-5-4-8-16(17)19/h1-13H,(H,26,27)(H,28,29). The summed E-state index contributed by atoms with van der Waals surface area (Å²) in [6.45, 7) is 0. The van der Waals surface area contributed by atoms with Crippen molar-refractivity contribution >= 4 is 44.4 Å². The first-order valence-corrected chi connectivity index (χ1v) is 9.61. The second kappa shape index (κ2) is 7.85. The topological polar surface area (TPSA) is 79.3 Å². The van der Waals surface area contributed by atoms with E-state index in [9.17, 15) is 14.7 Å². The number of hydrogen-bond acceptors (Lipinski definition) is 3. The average Bonchev–Trinajstić information content (AvgIpc) is 2.74. The van der Waals surface area contributed by atoms with Crippen LogP contribution in [0.2, 0.25) is 0 Å². The number of benzene rings is 3. The number of carboxylic acid groups (broad SMARTS) is 1. The van der Waals surface area contributed by atoms with Crippen LogP contribution in [-0.4, -0.2) is 22.0 Å². The maximum Gasteiger partial charge on any atom is 0.337 e. The van der Waals surface area contributed by atoms with Crippen LogP contribution in [0.25, 0.3) is 22.2 Å². The number of carbonyl (C=O) groups is 2. The number of carbonyl (C=O) groups excluding carboxylic acids is 1. The number of nitrogens with one attached hydrogen (secondary N) is 1. The summed E-state index contributed by atoms with van der Waals surface area (Å²) in [5.41, 5.74) is 2.91. The Morgan fingerprint density at radius 3 is 2.34 bits per heavy atom. The van der Waals surface area contributed by atoms with Gasteiger partial charge in [0, 0.05) is 15.4 Å². The second-order valence-corrected chi connectivity index (χ2v) is 7.30. The van der Waals surface area contributed by atoms with Crippen LogP contribution < -0.4 is 5.32 Å². The summed E-state index contributed by atoms with van der Waals surface area (Å²) in [4.78, 5) is 29.4. The van der Waals surface area contributed by atoms with Crippen molar-refractivity contribution in [3.05, 3.63) is 94.5 Å². The predicted molar refractivity (Wildman–Crippen MR) is 116 cm³/mol. The van der Waals surface area contributed by atoms with Crippen LogP contribution in [0.1, 0.15) is 20.7 Å². The molecule has 1 amide bonds. The Morgan fingerprint density at radius 2 is 1.59 bits per heavy atom. The van der Waals surface area contributed by atoms with Crippen molar-refractivity contribution in [3.8, 4) is 11.3 Å². The van der Waals surface area contributed by atoms with Crippen LogP contribution in [0.4, 0.5) is 5.69 Å². The summed E-state index contributed by atoms with van der Waals surface area (Å²) >= 11 is 3.26. The number of carboxylic acids is 1. The number of aromatic nitrogens is 1. The van der Waals surface area contributed by atoms with Gasteiger partial charge in [-0.1, -0.05) is 64.5 Å². The zero-order valence-electron chi connectivity index (χ0n) is 15.1. The zero-order valence-corrected chi connectivity index (χ0v) is 16.7. The van der Waals surface area contributed by atoms with Crippen LogP contribution in [0.5, 0.6) is 0 Å². The molecular formula is C23H15BrN2O3. The van der Waals surface area contributed by atoms with Gasteiger partial charge in [0.1, 0.15) is 0 Å². The largest absolute Gasteiger partial charge is 0.478 e. The first-order valence-electron chi connectivity index (χ1n) is 8.82. The highest BCUT2D eigenvalue weighted by Crippen LogP contribution is 2.27. The highest BCUT2D eigenvalue weighted by molar-refractivity contribution is 9.10. The van der Waals surface area contributed by atoms with E-state index < -0.39 is 11.9 Å². The fraction of sp³-hybridized carbons (Fsp3) is 0. The van der Waals surface area contributed by atoms with Gasteiger partial charge in [-0.3, -0.25) is 4.79 Å². The van der Waals surface area contributed by atoms with E-state index in [1.165, 1.54) is 6.07 Å². The molecule has 0 spiro atoms. The quantitative estimate of drug-likeness (QED) is 0.426. The van der Waals surface area contributed by atoms with Crippen molar-refractivity contribution < 1.29 is 14.7 Å². The molecule has 1 aromatic heterocycles. The summed E-state index contributed by atoms with van der Waals surface area (Å²) in [7, 11) is 0. The molecule has 0 aliphatic rings. The molecule has 6 heteroatoms. The lowest BCUT2D eigenvalue weighted by atomic mass is 10.0. The molecule has 3 aromatic carbocycles. The molecule has 29 heavy (non-hydrogen) atoms. The highest BCUT2D eigenvalue weighted by Gasteiger charge is 2.17. The van der Waals surface area contributed by atoms with E-state index in [0.29, 0.717) is 26.6 Å². The molecule has 0 bridgehead atoms. The smallest absolute Gasteiger partial charge is 0.337 e. The molecule has 2 N–H and O–H groups in total. The first kappa shape index (κ1) is 18.8. The van der Waals surface area contributed by atoms with Gasteiger partial charge in [0.2, 0.25) is 0 Å². The molecule has 1 heterocycles. The van der Waals surface area contributed by atoms with E-state index in [2.05, 4.69) is 26.2 Å². The number of para-hydroxylation sites is 1. The Balaban J connectivity index is 1.81. The van der Waals surface area contributed by atoms with Crippen molar-refractivity contribution in [2.75, 3.05) is 5.32 Å². The molecular weight excluding hydrogens is 432 g/mol. The lowest BCUT2D eigenvalue weighted by molar-refractivity contribution is 0.0698. The van der Waals surface area contributed by atoms with Crippen LogP contribution in [0.3, 0.4) is 0 Å². The lowest BCUT2D eigenvalue weighted by Crippen LogP contribution is -2.15. The first-order chi connectivity index (χ1) is 14.0. The number of halogens is 1. The summed E-state index contributed by atoms with van der Waals surface area (Å²) in [6.07, 6.45) is 0. The monoisotopic (exact) mass is 446 g/mol. The third kappa shape index (κ3) is 3.88. The Labute approximate surface area is 175 Å². The molecule has 0 fully saturated rings. The normalized spacial score (nSPS) is 10.7. The van der Waals surface area contributed by atoms with Gasteiger partial charge in [-0.2, -0.15) is 0 Å². The molecule has 4 rings (SSSR count). The van der Waals surface area contributed by atoms with Gasteiger partial charge >= 0.3 is 5.97 Å². The van der Waals surface area contributed by atoms with Gasteiger partial charge in [0.15, 0.2) is 0 Å². The van der Waals surface area contributed by atoms with Gasteiger partial charge in [-0.15, -0.1) is 0 Å². The van der Waals surface area contributed by atoms with Gasteiger partial charge in [0.05, 0.1) is 28.0 Å². The average molecular weight is 447 g/mol. The Bertz CT molecular complexity index is 1240. The zero-order chi connectivity index (χ0) is 20.4. The predicted octanol–water partition coefficient (Wildman–Crippen LogP) is 5.61. The minimum Gasteiger partial charge on any atom is -0.478 e. The van der Waals surface area contributed by atoms with E-state index in [1.54, 1.807) is 18.2 Å². The fourth-order valence-corrected chi connectivity index (χ4v) is 3.47. The summed E-state index contributed by atoms with van der Waals surface area (Å²) in [6, 6.07) is 23.4. The SMILES string of the molecule is O=C(O)c1cc(Br)ccc1NC(=O)c1cc(-c2ccccc2)nc2ccccc12. The maximum atomic E-state index is 13.1. The molecule has 5 nitrogen and oxygen atoms in total. The van der Waals surface area contributed by atoms with Crippen molar-refractivity contribution in [1.82, 2.24) is 4.98 Å². The van der Waals surface area contributed by atoms with Crippen LogP contribution >= 0.6 is 15.9 Å². The highest BCUT2D eigenvalue weighted by atomic mass is 79.9. The summed E-state index contributed by atoms with van der Waals surface area (Å²) in [5, 5.41) is 12.9. The van der Waals surface area contributed by atoms with Gasteiger partial charge in [-0.25, -0.2) is 9.78 Å². The van der Waals surface area contributed by atoms with Gasteiger partial charge in [-0.05, 0) is 30.3 Å². The molecule has 0 saturated heterocycles. The number of nitrogens with zero attached hydrogens (tertiary/aromatic N) is 1. The number of pyridine rings is 1. The summed E-state index contributed by atoms with van der Waals surface area (Å²) in [5.74, 6) is -1.52. The Morgan fingerprint density at radius 1 is 0.862 bits per heavy atom. The lowest BCUT2D eigenvalue weighted by Gasteiger charge is -2.12. The van der Waals surface area contributed by atoms with Crippen LogP contribution in [0.15, 0.2) is 83.3 Å². The van der Waals surface area contributed by atoms with Gasteiger partial charge < -0.3 is 10.4 Å². The number of amides is 1. The Hall–Kier alpha value is -3.51. The van der Waals surface area contributed by atoms with E-state index >= 15 is 0 Å². The molecule has 0 aliphatic heterocycles. The van der Waals surface area contributed by atoms with E-state index in [-0.39, 0.29) is 11.3 Å². The Kier molecular flexibility index (Phi) is 5.10. The van der Waals surface area contributed by atoms with E-state index in [0.717, 1.165) is 5.56 Å². The van der Waals surface area contributed by atoms with Crippen LogP contribution in [-0.2, 0) is 0 Å². The molecule has 0 unspecified atom stereocenters. The third-order valence-corrected chi connectivity index (χ3v) is 4.98. The molecule has 0 aliphatic carbocycles. The van der Waals surface area contributed by atoms with E-state index in [1.807, 2.05) is 54.6 Å². The van der Waals surface area contributed by atoms with Crippen molar-refractivity contribution in [2.24, 2.45) is 0 Å². The molecule has 4 aromatic rings. The minimum absolute atomic E-state index is 0.00868. The van der Waals surface area contributed by atoms with E-state index in [4.69, 9.17) is 0 Å². The van der Waals surface area contributed by atoms with Crippen LogP contribution in [0, 0.1) is 0 Å². The molecule has 142 valence electrons. The fourth-order valence-electron chi connectivity index (χ4n) is 3.11. The number of aromatic carboxylic acids is 1. The second-order valence-electron chi connectivity index (χ2n) is 6.39. The molecule has 0 atom stereocenters.